The Labute approximate surface area is 168 Å². The van der Waals surface area contributed by atoms with Crippen molar-refractivity contribution in [2.75, 3.05) is 47.6 Å². The van der Waals surface area contributed by atoms with Crippen LogP contribution >= 0.6 is 24.0 Å². The first kappa shape index (κ1) is 23.9. The number of pyridine rings is 1. The van der Waals surface area contributed by atoms with E-state index in [1.165, 1.54) is 0 Å². The van der Waals surface area contributed by atoms with Crippen molar-refractivity contribution in [3.8, 4) is 5.75 Å². The molecular weight excluding hydrogens is 435 g/mol. The summed E-state index contributed by atoms with van der Waals surface area (Å²) >= 11 is 0. The first-order valence-corrected chi connectivity index (χ1v) is 8.14. The second kappa shape index (κ2) is 14.1. The maximum atomic E-state index is 5.43. The predicted molar refractivity (Wildman–Crippen MR) is 111 cm³/mol. The molecule has 1 aromatic heterocycles. The summed E-state index contributed by atoms with van der Waals surface area (Å²) in [7, 11) is 5.10. The quantitative estimate of drug-likeness (QED) is 0.238. The van der Waals surface area contributed by atoms with Gasteiger partial charge in [-0.05, 0) is 20.3 Å². The Morgan fingerprint density at radius 3 is 2.56 bits per heavy atom. The van der Waals surface area contributed by atoms with E-state index in [2.05, 4.69) is 20.6 Å². The first-order chi connectivity index (χ1) is 11.6. The van der Waals surface area contributed by atoms with Gasteiger partial charge in [-0.15, -0.1) is 24.0 Å². The van der Waals surface area contributed by atoms with Gasteiger partial charge in [0.25, 0.3) is 0 Å². The van der Waals surface area contributed by atoms with Crippen LogP contribution in [0.5, 0.6) is 5.75 Å². The SMILES string of the molecule is CN=C(NCCCOCCOC)NCc1ncc(C)c(OC)c1C.I. The van der Waals surface area contributed by atoms with Gasteiger partial charge in [0.2, 0.25) is 0 Å². The molecule has 7 nitrogen and oxygen atoms in total. The van der Waals surface area contributed by atoms with Gasteiger partial charge in [0.15, 0.2) is 5.96 Å². The maximum absolute atomic E-state index is 5.43. The molecule has 1 rings (SSSR count). The lowest BCUT2D eigenvalue weighted by Crippen LogP contribution is -2.38. The molecule has 0 fully saturated rings. The highest BCUT2D eigenvalue weighted by molar-refractivity contribution is 14.0. The van der Waals surface area contributed by atoms with Gasteiger partial charge < -0.3 is 24.8 Å². The summed E-state index contributed by atoms with van der Waals surface area (Å²) in [4.78, 5) is 8.69. The van der Waals surface area contributed by atoms with Crippen LogP contribution in [0.15, 0.2) is 11.2 Å². The second-order valence-corrected chi connectivity index (χ2v) is 5.36. The summed E-state index contributed by atoms with van der Waals surface area (Å²) in [5, 5.41) is 6.53. The summed E-state index contributed by atoms with van der Waals surface area (Å²) < 4.78 is 15.8. The predicted octanol–water partition coefficient (Wildman–Crippen LogP) is 2.04. The minimum Gasteiger partial charge on any atom is -0.496 e. The van der Waals surface area contributed by atoms with Gasteiger partial charge in [-0.2, -0.15) is 0 Å². The van der Waals surface area contributed by atoms with Crippen molar-refractivity contribution in [2.24, 2.45) is 4.99 Å². The molecule has 0 aliphatic heterocycles. The number of nitrogens with zero attached hydrogens (tertiary/aromatic N) is 2. The molecule has 25 heavy (non-hydrogen) atoms. The lowest BCUT2D eigenvalue weighted by Gasteiger charge is -2.15. The monoisotopic (exact) mass is 466 g/mol. The average molecular weight is 466 g/mol. The van der Waals surface area contributed by atoms with Crippen LogP contribution in [0.3, 0.4) is 0 Å². The van der Waals surface area contributed by atoms with Crippen molar-refractivity contribution in [3.63, 3.8) is 0 Å². The van der Waals surface area contributed by atoms with E-state index >= 15 is 0 Å². The number of aryl methyl sites for hydroxylation is 1. The molecule has 0 saturated heterocycles. The fourth-order valence-corrected chi connectivity index (χ4v) is 2.26. The molecule has 1 heterocycles. The van der Waals surface area contributed by atoms with E-state index in [1.807, 2.05) is 20.0 Å². The van der Waals surface area contributed by atoms with Gasteiger partial charge in [-0.25, -0.2) is 0 Å². The van der Waals surface area contributed by atoms with Crippen LogP contribution in [0.1, 0.15) is 23.2 Å². The van der Waals surface area contributed by atoms with Crippen LogP contribution in [0, 0.1) is 13.8 Å². The second-order valence-electron chi connectivity index (χ2n) is 5.36. The van der Waals surface area contributed by atoms with Crippen LogP contribution in [0.4, 0.5) is 0 Å². The minimum absolute atomic E-state index is 0. The number of aromatic nitrogens is 1. The van der Waals surface area contributed by atoms with Gasteiger partial charge in [-0.3, -0.25) is 9.98 Å². The van der Waals surface area contributed by atoms with Gasteiger partial charge in [0.1, 0.15) is 5.75 Å². The van der Waals surface area contributed by atoms with Crippen LogP contribution in [-0.4, -0.2) is 58.6 Å². The molecule has 0 unspecified atom stereocenters. The topological polar surface area (TPSA) is 77.0 Å². The number of methoxy groups -OCH3 is 2. The summed E-state index contributed by atoms with van der Waals surface area (Å²) in [5.41, 5.74) is 3.03. The van der Waals surface area contributed by atoms with Crippen molar-refractivity contribution < 1.29 is 14.2 Å². The number of hydrogen-bond acceptors (Lipinski definition) is 5. The highest BCUT2D eigenvalue weighted by Crippen LogP contribution is 2.23. The standard InChI is InChI=1S/C17H30N4O3.HI/c1-13-11-20-15(14(2)16(13)23-5)12-21-17(18-3)19-7-6-8-24-10-9-22-4;/h11H,6-10,12H2,1-5H3,(H2,18,19,21);1H. The molecule has 0 amide bonds. The van der Waals surface area contributed by atoms with Gasteiger partial charge in [0, 0.05) is 44.6 Å². The van der Waals surface area contributed by atoms with E-state index in [4.69, 9.17) is 14.2 Å². The Morgan fingerprint density at radius 1 is 1.16 bits per heavy atom. The zero-order valence-corrected chi connectivity index (χ0v) is 18.2. The highest BCUT2D eigenvalue weighted by Gasteiger charge is 2.09. The van der Waals surface area contributed by atoms with Gasteiger partial charge in [0.05, 0.1) is 32.6 Å². The van der Waals surface area contributed by atoms with Crippen LogP contribution in [-0.2, 0) is 16.0 Å². The largest absolute Gasteiger partial charge is 0.496 e. The molecule has 144 valence electrons. The third-order valence-corrected chi connectivity index (χ3v) is 3.59. The molecule has 0 spiro atoms. The van der Waals surface area contributed by atoms with E-state index in [-0.39, 0.29) is 24.0 Å². The fourth-order valence-electron chi connectivity index (χ4n) is 2.26. The van der Waals surface area contributed by atoms with Crippen molar-refractivity contribution in [2.45, 2.75) is 26.8 Å². The summed E-state index contributed by atoms with van der Waals surface area (Å²) in [6, 6.07) is 0. The number of nitrogens with one attached hydrogen (secondary N) is 2. The summed E-state index contributed by atoms with van der Waals surface area (Å²) in [6.45, 7) is 7.34. The zero-order chi connectivity index (χ0) is 17.8. The van der Waals surface area contributed by atoms with Gasteiger partial charge in [-0.1, -0.05) is 0 Å². The van der Waals surface area contributed by atoms with E-state index in [0.29, 0.717) is 26.4 Å². The molecular formula is C17H31IN4O3. The fraction of sp³-hybridized carbons (Fsp3) is 0.647. The molecule has 0 bridgehead atoms. The van der Waals surface area contributed by atoms with Crippen molar-refractivity contribution in [3.05, 3.63) is 23.0 Å². The van der Waals surface area contributed by atoms with Crippen LogP contribution in [0.2, 0.25) is 0 Å². The van der Waals surface area contributed by atoms with E-state index in [1.54, 1.807) is 21.3 Å². The Balaban J connectivity index is 0.00000576. The van der Waals surface area contributed by atoms with E-state index in [9.17, 15) is 0 Å². The zero-order valence-electron chi connectivity index (χ0n) is 15.8. The number of aliphatic imine (C=N–C) groups is 1. The summed E-state index contributed by atoms with van der Waals surface area (Å²) in [5.74, 6) is 1.63. The third kappa shape index (κ3) is 8.68. The molecule has 0 aliphatic carbocycles. The number of guanidine groups is 1. The third-order valence-electron chi connectivity index (χ3n) is 3.59. The Kier molecular flexibility index (Phi) is 13.4. The van der Waals surface area contributed by atoms with Crippen molar-refractivity contribution >= 4 is 29.9 Å². The molecule has 1 aromatic rings. The number of ether oxygens (including phenoxy) is 3. The molecule has 0 aliphatic rings. The lowest BCUT2D eigenvalue weighted by atomic mass is 10.1. The molecule has 0 aromatic carbocycles. The smallest absolute Gasteiger partial charge is 0.191 e. The first-order valence-electron chi connectivity index (χ1n) is 8.14. The summed E-state index contributed by atoms with van der Waals surface area (Å²) in [6.07, 6.45) is 2.73. The van der Waals surface area contributed by atoms with E-state index in [0.717, 1.165) is 41.5 Å². The number of hydrogen-bond donors (Lipinski definition) is 2. The molecule has 0 saturated carbocycles. The number of rotatable bonds is 10. The van der Waals surface area contributed by atoms with Crippen molar-refractivity contribution in [1.29, 1.82) is 0 Å². The lowest BCUT2D eigenvalue weighted by molar-refractivity contribution is 0.0698. The van der Waals surface area contributed by atoms with Crippen LogP contribution in [0.25, 0.3) is 0 Å². The molecule has 0 atom stereocenters. The normalized spacial score (nSPS) is 11.0. The Bertz CT molecular complexity index is 527. The van der Waals surface area contributed by atoms with Crippen molar-refractivity contribution in [1.82, 2.24) is 15.6 Å². The molecule has 2 N–H and O–H groups in total. The number of halogens is 1. The van der Waals surface area contributed by atoms with E-state index < -0.39 is 0 Å². The molecule has 8 heteroatoms. The highest BCUT2D eigenvalue weighted by atomic mass is 127. The average Bonchev–Trinajstić information content (AvgIpc) is 2.58. The van der Waals surface area contributed by atoms with Gasteiger partial charge >= 0.3 is 0 Å². The molecule has 0 radical (unpaired) electrons. The Morgan fingerprint density at radius 2 is 1.92 bits per heavy atom. The minimum atomic E-state index is 0. The van der Waals surface area contributed by atoms with Crippen LogP contribution < -0.4 is 15.4 Å². The maximum Gasteiger partial charge on any atom is 0.191 e. The Hall–Kier alpha value is -1.13.